The van der Waals surface area contributed by atoms with Gasteiger partial charge < -0.3 is 10.0 Å². The Balaban J connectivity index is 2.78. The largest absolute Gasteiger partial charge is 0.396 e. The van der Waals surface area contributed by atoms with Gasteiger partial charge in [-0.05, 0) is 31.9 Å². The highest BCUT2D eigenvalue weighted by Crippen LogP contribution is 2.19. The zero-order chi connectivity index (χ0) is 12.7. The van der Waals surface area contributed by atoms with E-state index in [1.54, 1.807) is 0 Å². The van der Waals surface area contributed by atoms with Gasteiger partial charge in [0, 0.05) is 25.4 Å². The molecule has 17 heavy (non-hydrogen) atoms. The van der Waals surface area contributed by atoms with Crippen LogP contribution in [0.2, 0.25) is 5.28 Å². The summed E-state index contributed by atoms with van der Waals surface area (Å²) >= 11 is 7.35. The predicted molar refractivity (Wildman–Crippen MR) is 70.8 cm³/mol. The minimum absolute atomic E-state index is 0.175. The lowest BCUT2D eigenvalue weighted by Gasteiger charge is -2.18. The van der Waals surface area contributed by atoms with Crippen LogP contribution in [0, 0.1) is 0 Å². The van der Waals surface area contributed by atoms with Crippen molar-refractivity contribution in [2.24, 2.45) is 0 Å². The zero-order valence-corrected chi connectivity index (χ0v) is 11.6. The van der Waals surface area contributed by atoms with Crippen LogP contribution in [0.4, 0.5) is 5.95 Å². The highest BCUT2D eigenvalue weighted by molar-refractivity contribution is 7.99. The molecule has 0 saturated carbocycles. The lowest BCUT2D eigenvalue weighted by Crippen LogP contribution is -2.24. The molecular weight excluding hydrogens is 260 g/mol. The summed E-state index contributed by atoms with van der Waals surface area (Å²) in [5.74, 6) is 1.38. The number of hydrogen-bond acceptors (Lipinski definition) is 6. The molecule has 1 aromatic rings. The molecule has 0 spiro atoms. The number of aliphatic hydroxyl groups excluding tert-OH is 1. The third-order valence-corrected chi connectivity index (χ3v) is 3.26. The summed E-state index contributed by atoms with van der Waals surface area (Å²) in [6.45, 7) is 5.92. The first-order valence-electron chi connectivity index (χ1n) is 5.61. The van der Waals surface area contributed by atoms with Crippen LogP contribution in [0.3, 0.4) is 0 Å². The standard InChI is InChI=1S/C10H17ClN4OS/c1-3-15(4-2)9-12-8(11)13-10(14-9)17-7-5-6-16/h16H,3-7H2,1-2H3. The van der Waals surface area contributed by atoms with Crippen LogP contribution in [0.25, 0.3) is 0 Å². The average Bonchev–Trinajstić information content (AvgIpc) is 2.30. The van der Waals surface area contributed by atoms with Gasteiger partial charge in [0.2, 0.25) is 11.2 Å². The van der Waals surface area contributed by atoms with Crippen LogP contribution in [0.15, 0.2) is 5.16 Å². The smallest absolute Gasteiger partial charge is 0.230 e. The fraction of sp³-hybridized carbons (Fsp3) is 0.700. The van der Waals surface area contributed by atoms with E-state index < -0.39 is 0 Å². The molecule has 1 aromatic heterocycles. The lowest BCUT2D eigenvalue weighted by molar-refractivity contribution is 0.296. The number of hydrogen-bond donors (Lipinski definition) is 1. The Morgan fingerprint density at radius 3 is 2.53 bits per heavy atom. The molecule has 0 saturated heterocycles. The predicted octanol–water partition coefficient (Wildman–Crippen LogP) is 1.85. The van der Waals surface area contributed by atoms with E-state index in [0.717, 1.165) is 18.8 Å². The Morgan fingerprint density at radius 1 is 1.24 bits per heavy atom. The van der Waals surface area contributed by atoms with Crippen LogP contribution in [0.5, 0.6) is 0 Å². The van der Waals surface area contributed by atoms with Crippen LogP contribution in [-0.4, -0.2) is 45.5 Å². The van der Waals surface area contributed by atoms with Gasteiger partial charge in [0.15, 0.2) is 5.16 Å². The van der Waals surface area contributed by atoms with Gasteiger partial charge >= 0.3 is 0 Å². The van der Waals surface area contributed by atoms with E-state index in [4.69, 9.17) is 16.7 Å². The van der Waals surface area contributed by atoms with Crippen molar-refractivity contribution in [2.75, 3.05) is 30.3 Å². The molecule has 0 aromatic carbocycles. The quantitative estimate of drug-likeness (QED) is 0.606. The number of aliphatic hydroxyl groups is 1. The summed E-state index contributed by atoms with van der Waals surface area (Å²) in [6, 6.07) is 0. The van der Waals surface area contributed by atoms with E-state index in [2.05, 4.69) is 15.0 Å². The van der Waals surface area contributed by atoms with Gasteiger partial charge in [-0.2, -0.15) is 15.0 Å². The Kier molecular flexibility index (Phi) is 6.54. The number of aromatic nitrogens is 3. The molecule has 0 aliphatic carbocycles. The Labute approximate surface area is 111 Å². The molecule has 5 nitrogen and oxygen atoms in total. The SMILES string of the molecule is CCN(CC)c1nc(Cl)nc(SCCCO)n1. The summed E-state index contributed by atoms with van der Waals surface area (Å²) < 4.78 is 0. The van der Waals surface area contributed by atoms with Crippen molar-refractivity contribution >= 4 is 29.3 Å². The molecule has 0 bridgehead atoms. The molecule has 96 valence electrons. The topological polar surface area (TPSA) is 62.1 Å². The van der Waals surface area contributed by atoms with Gasteiger partial charge in [-0.1, -0.05) is 11.8 Å². The van der Waals surface area contributed by atoms with Crippen molar-refractivity contribution in [3.63, 3.8) is 0 Å². The molecule has 1 N–H and O–H groups in total. The van der Waals surface area contributed by atoms with Crippen molar-refractivity contribution in [3.05, 3.63) is 5.28 Å². The summed E-state index contributed by atoms with van der Waals surface area (Å²) in [6.07, 6.45) is 0.717. The van der Waals surface area contributed by atoms with Crippen LogP contribution in [0.1, 0.15) is 20.3 Å². The molecule has 0 aliphatic rings. The van der Waals surface area contributed by atoms with Gasteiger partial charge in [-0.25, -0.2) is 0 Å². The van der Waals surface area contributed by atoms with Gasteiger partial charge in [-0.15, -0.1) is 0 Å². The molecule has 0 unspecified atom stereocenters. The van der Waals surface area contributed by atoms with Crippen molar-refractivity contribution in [1.29, 1.82) is 0 Å². The second kappa shape index (κ2) is 7.68. The molecule has 0 atom stereocenters. The summed E-state index contributed by atoms with van der Waals surface area (Å²) in [4.78, 5) is 14.5. The molecule has 0 aliphatic heterocycles. The minimum Gasteiger partial charge on any atom is -0.396 e. The van der Waals surface area contributed by atoms with Gasteiger partial charge in [-0.3, -0.25) is 0 Å². The fourth-order valence-electron chi connectivity index (χ4n) is 1.26. The molecule has 1 heterocycles. The Morgan fingerprint density at radius 2 is 1.94 bits per heavy atom. The molecule has 7 heteroatoms. The van der Waals surface area contributed by atoms with E-state index in [9.17, 15) is 0 Å². The van der Waals surface area contributed by atoms with E-state index in [0.29, 0.717) is 17.5 Å². The first-order valence-corrected chi connectivity index (χ1v) is 6.97. The number of nitrogens with zero attached hydrogens (tertiary/aromatic N) is 4. The Bertz CT molecular complexity index is 349. The van der Waals surface area contributed by atoms with Gasteiger partial charge in [0.25, 0.3) is 0 Å². The lowest BCUT2D eigenvalue weighted by atomic mass is 10.5. The summed E-state index contributed by atoms with van der Waals surface area (Å²) in [5.41, 5.74) is 0. The molecule has 0 fully saturated rings. The zero-order valence-electron chi connectivity index (χ0n) is 10.1. The van der Waals surface area contributed by atoms with Crippen molar-refractivity contribution < 1.29 is 5.11 Å². The second-order valence-corrected chi connectivity index (χ2v) is 4.69. The van der Waals surface area contributed by atoms with Crippen LogP contribution in [-0.2, 0) is 0 Å². The van der Waals surface area contributed by atoms with Gasteiger partial charge in [0.1, 0.15) is 0 Å². The van der Waals surface area contributed by atoms with Crippen molar-refractivity contribution in [3.8, 4) is 0 Å². The second-order valence-electron chi connectivity index (χ2n) is 3.28. The molecule has 1 rings (SSSR count). The maximum atomic E-state index is 8.72. The number of anilines is 1. The van der Waals surface area contributed by atoms with Crippen molar-refractivity contribution in [1.82, 2.24) is 15.0 Å². The number of halogens is 1. The third-order valence-electron chi connectivity index (χ3n) is 2.16. The maximum Gasteiger partial charge on any atom is 0.230 e. The highest BCUT2D eigenvalue weighted by Gasteiger charge is 2.10. The van der Waals surface area contributed by atoms with Crippen molar-refractivity contribution in [2.45, 2.75) is 25.4 Å². The Hall–Kier alpha value is -0.590. The molecular formula is C10H17ClN4OS. The monoisotopic (exact) mass is 276 g/mol. The number of rotatable bonds is 7. The number of thioether (sulfide) groups is 1. The van der Waals surface area contributed by atoms with E-state index >= 15 is 0 Å². The van der Waals surface area contributed by atoms with E-state index in [1.165, 1.54) is 11.8 Å². The van der Waals surface area contributed by atoms with Crippen LogP contribution < -0.4 is 4.90 Å². The maximum absolute atomic E-state index is 8.72. The van der Waals surface area contributed by atoms with Crippen LogP contribution >= 0.6 is 23.4 Å². The minimum atomic E-state index is 0.175. The first-order chi connectivity index (χ1) is 8.21. The van der Waals surface area contributed by atoms with E-state index in [1.807, 2.05) is 18.7 Å². The average molecular weight is 277 g/mol. The third kappa shape index (κ3) is 4.65. The summed E-state index contributed by atoms with van der Waals surface area (Å²) in [7, 11) is 0. The van der Waals surface area contributed by atoms with E-state index in [-0.39, 0.29) is 11.9 Å². The fourth-order valence-corrected chi connectivity index (χ4v) is 2.22. The molecule has 0 radical (unpaired) electrons. The first kappa shape index (κ1) is 14.5. The normalized spacial score (nSPS) is 10.6. The van der Waals surface area contributed by atoms with Gasteiger partial charge in [0.05, 0.1) is 0 Å². The molecule has 0 amide bonds. The summed E-state index contributed by atoms with van der Waals surface area (Å²) in [5, 5.41) is 9.54. The highest BCUT2D eigenvalue weighted by atomic mass is 35.5.